The number of nitrogens with zero attached hydrogens (tertiary/aromatic N) is 2. The van der Waals surface area contributed by atoms with Crippen LogP contribution in [0.1, 0.15) is 5.56 Å². The number of amides is 2. The lowest BCUT2D eigenvalue weighted by atomic mass is 10.1. The van der Waals surface area contributed by atoms with Gasteiger partial charge in [0.15, 0.2) is 0 Å². The predicted octanol–water partition coefficient (Wildman–Crippen LogP) is 1.74. The lowest BCUT2D eigenvalue weighted by Gasteiger charge is -2.21. The molecule has 0 saturated carbocycles. The van der Waals surface area contributed by atoms with Gasteiger partial charge in [0.2, 0.25) is 0 Å². The maximum absolute atomic E-state index is 11.9. The standard InChI is InChI=1S/C12H16N2O2/c1-13(2)12(15)14-7-6-9-8-10(16-3)4-5-11(9)14/h4-5,8H,6-7H2,1-3H3. The quantitative estimate of drug-likeness (QED) is 0.722. The van der Waals surface area contributed by atoms with Crippen LogP contribution >= 0.6 is 0 Å². The molecule has 0 radical (unpaired) electrons. The molecule has 0 N–H and O–H groups in total. The van der Waals surface area contributed by atoms with Gasteiger partial charge in [-0.15, -0.1) is 0 Å². The Labute approximate surface area is 95.4 Å². The third-order valence-electron chi connectivity index (χ3n) is 2.80. The van der Waals surface area contributed by atoms with Crippen LogP contribution in [-0.2, 0) is 6.42 Å². The summed E-state index contributed by atoms with van der Waals surface area (Å²) >= 11 is 0. The third-order valence-corrected chi connectivity index (χ3v) is 2.80. The number of hydrogen-bond acceptors (Lipinski definition) is 2. The van der Waals surface area contributed by atoms with E-state index in [1.807, 2.05) is 18.2 Å². The van der Waals surface area contributed by atoms with Crippen molar-refractivity contribution in [3.8, 4) is 5.75 Å². The Hall–Kier alpha value is -1.71. The summed E-state index contributed by atoms with van der Waals surface area (Å²) in [7, 11) is 5.19. The van der Waals surface area contributed by atoms with E-state index in [9.17, 15) is 4.79 Å². The minimum absolute atomic E-state index is 0.0314. The first kappa shape index (κ1) is 10.8. The number of carbonyl (C=O) groups excluding carboxylic acids is 1. The van der Waals surface area contributed by atoms with Gasteiger partial charge in [-0.3, -0.25) is 4.90 Å². The average Bonchev–Trinajstić information content (AvgIpc) is 2.70. The Balaban J connectivity index is 2.30. The fourth-order valence-electron chi connectivity index (χ4n) is 1.95. The van der Waals surface area contributed by atoms with Crippen molar-refractivity contribution < 1.29 is 9.53 Å². The first-order valence-corrected chi connectivity index (χ1v) is 5.29. The monoisotopic (exact) mass is 220 g/mol. The number of anilines is 1. The first-order chi connectivity index (χ1) is 7.63. The van der Waals surface area contributed by atoms with Gasteiger partial charge in [-0.1, -0.05) is 0 Å². The smallest absolute Gasteiger partial charge is 0.323 e. The molecule has 0 bridgehead atoms. The zero-order valence-corrected chi connectivity index (χ0v) is 9.86. The Morgan fingerprint density at radius 2 is 2.19 bits per heavy atom. The van der Waals surface area contributed by atoms with E-state index in [2.05, 4.69) is 0 Å². The maximum atomic E-state index is 11.9. The summed E-state index contributed by atoms with van der Waals surface area (Å²) < 4.78 is 5.17. The van der Waals surface area contributed by atoms with E-state index in [4.69, 9.17) is 4.74 Å². The predicted molar refractivity (Wildman–Crippen MR) is 63.1 cm³/mol. The Morgan fingerprint density at radius 1 is 1.44 bits per heavy atom. The molecule has 1 heterocycles. The topological polar surface area (TPSA) is 32.8 Å². The van der Waals surface area contributed by atoms with Gasteiger partial charge in [0.25, 0.3) is 0 Å². The van der Waals surface area contributed by atoms with Crippen molar-refractivity contribution in [2.24, 2.45) is 0 Å². The van der Waals surface area contributed by atoms with Gasteiger partial charge in [-0.25, -0.2) is 4.79 Å². The number of urea groups is 1. The molecule has 2 amide bonds. The minimum Gasteiger partial charge on any atom is -0.497 e. The number of rotatable bonds is 1. The van der Waals surface area contributed by atoms with E-state index in [1.165, 1.54) is 5.56 Å². The molecule has 0 aliphatic carbocycles. The second-order valence-electron chi connectivity index (χ2n) is 4.07. The van der Waals surface area contributed by atoms with E-state index in [1.54, 1.807) is 31.0 Å². The van der Waals surface area contributed by atoms with E-state index < -0.39 is 0 Å². The van der Waals surface area contributed by atoms with Gasteiger partial charge in [0, 0.05) is 26.3 Å². The summed E-state index contributed by atoms with van der Waals surface area (Å²) in [6.07, 6.45) is 0.895. The maximum Gasteiger partial charge on any atom is 0.323 e. The van der Waals surface area contributed by atoms with Crippen molar-refractivity contribution in [3.05, 3.63) is 23.8 Å². The molecule has 4 nitrogen and oxygen atoms in total. The van der Waals surface area contributed by atoms with Gasteiger partial charge in [0.1, 0.15) is 5.75 Å². The number of carbonyl (C=O) groups is 1. The molecule has 0 fully saturated rings. The van der Waals surface area contributed by atoms with E-state index in [0.29, 0.717) is 0 Å². The Bertz CT molecular complexity index is 415. The number of hydrogen-bond donors (Lipinski definition) is 0. The van der Waals surface area contributed by atoms with Gasteiger partial charge >= 0.3 is 6.03 Å². The van der Waals surface area contributed by atoms with Gasteiger partial charge in [-0.2, -0.15) is 0 Å². The molecule has 0 unspecified atom stereocenters. The molecule has 0 spiro atoms. The molecule has 0 aromatic heterocycles. The molecule has 0 atom stereocenters. The van der Waals surface area contributed by atoms with Crippen LogP contribution in [0.5, 0.6) is 5.75 Å². The number of benzene rings is 1. The summed E-state index contributed by atoms with van der Waals surface area (Å²) in [5.41, 5.74) is 2.18. The Morgan fingerprint density at radius 3 is 2.81 bits per heavy atom. The SMILES string of the molecule is COc1ccc2c(c1)CCN2C(=O)N(C)C. The van der Waals surface area contributed by atoms with E-state index in [-0.39, 0.29) is 6.03 Å². The van der Waals surface area contributed by atoms with Crippen LogP contribution in [0.25, 0.3) is 0 Å². The summed E-state index contributed by atoms with van der Waals surface area (Å²) in [4.78, 5) is 15.3. The van der Waals surface area contributed by atoms with Crippen LogP contribution in [0.15, 0.2) is 18.2 Å². The molecule has 1 aliphatic rings. The van der Waals surface area contributed by atoms with Gasteiger partial charge in [-0.05, 0) is 30.2 Å². The summed E-state index contributed by atoms with van der Waals surface area (Å²) in [5, 5.41) is 0. The van der Waals surface area contributed by atoms with Crippen LogP contribution in [0.3, 0.4) is 0 Å². The molecular weight excluding hydrogens is 204 g/mol. The van der Waals surface area contributed by atoms with E-state index in [0.717, 1.165) is 24.4 Å². The van der Waals surface area contributed by atoms with Crippen molar-refractivity contribution >= 4 is 11.7 Å². The number of methoxy groups -OCH3 is 1. The van der Waals surface area contributed by atoms with Crippen molar-refractivity contribution in [3.63, 3.8) is 0 Å². The molecule has 16 heavy (non-hydrogen) atoms. The zero-order valence-electron chi connectivity index (χ0n) is 9.86. The highest BCUT2D eigenvalue weighted by atomic mass is 16.5. The second kappa shape index (κ2) is 4.04. The molecule has 2 rings (SSSR count). The van der Waals surface area contributed by atoms with Crippen LogP contribution in [-0.4, -0.2) is 38.7 Å². The summed E-state index contributed by atoms with van der Waals surface area (Å²) in [6.45, 7) is 0.750. The molecule has 4 heteroatoms. The third kappa shape index (κ3) is 1.71. The van der Waals surface area contributed by atoms with Gasteiger partial charge in [0.05, 0.1) is 7.11 Å². The summed E-state index contributed by atoms with van der Waals surface area (Å²) in [6, 6.07) is 5.87. The minimum atomic E-state index is 0.0314. The zero-order chi connectivity index (χ0) is 11.7. The summed E-state index contributed by atoms with van der Waals surface area (Å²) in [5.74, 6) is 0.845. The number of ether oxygens (including phenoxy) is 1. The first-order valence-electron chi connectivity index (χ1n) is 5.29. The lowest BCUT2D eigenvalue weighted by molar-refractivity contribution is 0.224. The molecule has 1 aromatic carbocycles. The molecular formula is C12H16N2O2. The molecule has 1 aromatic rings. The van der Waals surface area contributed by atoms with Crippen molar-refractivity contribution in [1.29, 1.82) is 0 Å². The molecule has 86 valence electrons. The second-order valence-corrected chi connectivity index (χ2v) is 4.07. The highest BCUT2D eigenvalue weighted by Crippen LogP contribution is 2.31. The normalized spacial score (nSPS) is 13.6. The largest absolute Gasteiger partial charge is 0.497 e. The van der Waals surface area contributed by atoms with Crippen molar-refractivity contribution in [2.75, 3.05) is 32.6 Å². The van der Waals surface area contributed by atoms with Crippen LogP contribution in [0.2, 0.25) is 0 Å². The fourth-order valence-corrected chi connectivity index (χ4v) is 1.95. The average molecular weight is 220 g/mol. The number of fused-ring (bicyclic) bond motifs is 1. The highest BCUT2D eigenvalue weighted by molar-refractivity contribution is 5.94. The van der Waals surface area contributed by atoms with Crippen molar-refractivity contribution in [1.82, 2.24) is 4.90 Å². The fraction of sp³-hybridized carbons (Fsp3) is 0.417. The van der Waals surface area contributed by atoms with Gasteiger partial charge < -0.3 is 9.64 Å². The molecule has 0 saturated heterocycles. The van der Waals surface area contributed by atoms with Crippen LogP contribution in [0.4, 0.5) is 10.5 Å². The van der Waals surface area contributed by atoms with E-state index >= 15 is 0 Å². The Kier molecular flexibility index (Phi) is 2.73. The lowest BCUT2D eigenvalue weighted by Crippen LogP contribution is -2.38. The van der Waals surface area contributed by atoms with Crippen molar-refractivity contribution in [2.45, 2.75) is 6.42 Å². The molecule has 1 aliphatic heterocycles. The highest BCUT2D eigenvalue weighted by Gasteiger charge is 2.25. The van der Waals surface area contributed by atoms with Crippen LogP contribution in [0, 0.1) is 0 Å². The van der Waals surface area contributed by atoms with Crippen LogP contribution < -0.4 is 9.64 Å².